The molecule has 0 aliphatic heterocycles. The fourth-order valence-electron chi connectivity index (χ4n) is 3.06. The number of benzene rings is 1. The Morgan fingerprint density at radius 1 is 1.13 bits per heavy atom. The van der Waals surface area contributed by atoms with Crippen LogP contribution in [0.5, 0.6) is 0 Å². The average Bonchev–Trinajstić information content (AvgIpc) is 3.42. The van der Waals surface area contributed by atoms with Crippen molar-refractivity contribution in [1.29, 1.82) is 0 Å². The van der Waals surface area contributed by atoms with Gasteiger partial charge in [-0.05, 0) is 32.0 Å². The zero-order chi connectivity index (χ0) is 21.6. The van der Waals surface area contributed by atoms with Crippen molar-refractivity contribution in [2.75, 3.05) is 18.5 Å². The van der Waals surface area contributed by atoms with Gasteiger partial charge in [0, 0.05) is 43.1 Å². The molecule has 0 saturated heterocycles. The molecule has 0 saturated carbocycles. The number of aromatic nitrogens is 6. The molecule has 4 rings (SSSR count). The first-order valence-corrected chi connectivity index (χ1v) is 10.0. The van der Waals surface area contributed by atoms with E-state index >= 15 is 0 Å². The Labute approximate surface area is 178 Å². The summed E-state index contributed by atoms with van der Waals surface area (Å²) in [4.78, 5) is 21.2. The number of carbonyl (C=O) groups excluding carboxylic acids is 1. The van der Waals surface area contributed by atoms with Gasteiger partial charge in [-0.1, -0.05) is 17.3 Å². The number of nitrogens with zero attached hydrogens (tertiary/aromatic N) is 6. The van der Waals surface area contributed by atoms with Gasteiger partial charge in [-0.15, -0.1) is 5.10 Å². The average molecular weight is 421 g/mol. The molecule has 0 atom stereocenters. The molecule has 160 valence electrons. The van der Waals surface area contributed by atoms with E-state index in [2.05, 4.69) is 25.6 Å². The molecule has 3 heterocycles. The highest BCUT2D eigenvalue weighted by Gasteiger charge is 2.15. The number of amides is 1. The van der Waals surface area contributed by atoms with Crippen LogP contribution >= 0.6 is 0 Å². The van der Waals surface area contributed by atoms with Crippen molar-refractivity contribution in [3.63, 3.8) is 0 Å². The van der Waals surface area contributed by atoms with E-state index in [1.165, 1.54) is 4.68 Å². The molecule has 0 bridgehead atoms. The zero-order valence-electron chi connectivity index (χ0n) is 17.3. The number of ether oxygens (including phenoxy) is 2. The number of carbonyl (C=O) groups is 1. The fraction of sp³-hybridized carbons (Fsp3) is 0.286. The topological polar surface area (TPSA) is 108 Å². The van der Waals surface area contributed by atoms with Crippen molar-refractivity contribution < 1.29 is 14.3 Å². The molecule has 0 aliphatic carbocycles. The van der Waals surface area contributed by atoms with Gasteiger partial charge in [0.05, 0.1) is 18.4 Å². The molecule has 0 fully saturated rings. The summed E-state index contributed by atoms with van der Waals surface area (Å²) in [6.45, 7) is 5.18. The minimum atomic E-state index is -0.435. The van der Waals surface area contributed by atoms with E-state index in [-0.39, 0.29) is 11.6 Å². The summed E-state index contributed by atoms with van der Waals surface area (Å²) in [5, 5.41) is 10.8. The molecule has 1 aromatic carbocycles. The Hall–Kier alpha value is -3.63. The first-order chi connectivity index (χ1) is 15.2. The maximum absolute atomic E-state index is 12.5. The summed E-state index contributed by atoms with van der Waals surface area (Å²) in [6.07, 6.45) is 6.64. The van der Waals surface area contributed by atoms with E-state index in [1.54, 1.807) is 12.4 Å². The Balaban J connectivity index is 1.40. The monoisotopic (exact) mass is 421 g/mol. The second kappa shape index (κ2) is 9.45. The molecule has 0 radical (unpaired) electrons. The van der Waals surface area contributed by atoms with Gasteiger partial charge < -0.3 is 14.8 Å². The summed E-state index contributed by atoms with van der Waals surface area (Å²) in [5.41, 5.74) is 2.58. The first-order valence-electron chi connectivity index (χ1n) is 10.0. The van der Waals surface area contributed by atoms with Gasteiger partial charge in [0.25, 0.3) is 5.91 Å². The summed E-state index contributed by atoms with van der Waals surface area (Å²) in [7, 11) is 0. The summed E-state index contributed by atoms with van der Waals surface area (Å²) < 4.78 is 14.4. The van der Waals surface area contributed by atoms with Gasteiger partial charge in [0.15, 0.2) is 12.0 Å². The zero-order valence-corrected chi connectivity index (χ0v) is 17.3. The molecule has 10 nitrogen and oxygen atoms in total. The van der Waals surface area contributed by atoms with Crippen LogP contribution in [0.3, 0.4) is 0 Å². The van der Waals surface area contributed by atoms with Gasteiger partial charge in [0.2, 0.25) is 5.78 Å². The lowest BCUT2D eigenvalue weighted by Gasteiger charge is -2.16. The van der Waals surface area contributed by atoms with E-state index in [4.69, 9.17) is 9.47 Å². The summed E-state index contributed by atoms with van der Waals surface area (Å²) in [6, 6.07) is 9.26. The Bertz CT molecular complexity index is 1110. The van der Waals surface area contributed by atoms with E-state index in [1.807, 2.05) is 61.0 Å². The highest BCUT2D eigenvalue weighted by molar-refractivity contribution is 6.02. The Morgan fingerprint density at radius 3 is 2.61 bits per heavy atom. The van der Waals surface area contributed by atoms with E-state index in [9.17, 15) is 4.79 Å². The third kappa shape index (κ3) is 4.93. The molecule has 31 heavy (non-hydrogen) atoms. The van der Waals surface area contributed by atoms with Crippen LogP contribution in [0.4, 0.5) is 5.69 Å². The van der Waals surface area contributed by atoms with Gasteiger partial charge in [-0.2, -0.15) is 0 Å². The van der Waals surface area contributed by atoms with Crippen molar-refractivity contribution in [3.05, 3.63) is 60.8 Å². The molecule has 4 aromatic rings. The largest absolute Gasteiger partial charge is 0.351 e. The van der Waals surface area contributed by atoms with Crippen LogP contribution in [0.2, 0.25) is 0 Å². The minimum Gasteiger partial charge on any atom is -0.351 e. The van der Waals surface area contributed by atoms with Crippen molar-refractivity contribution in [1.82, 2.24) is 29.4 Å². The van der Waals surface area contributed by atoms with Gasteiger partial charge in [-0.25, -0.2) is 14.6 Å². The van der Waals surface area contributed by atoms with Gasteiger partial charge >= 0.3 is 0 Å². The maximum atomic E-state index is 12.5. The lowest BCUT2D eigenvalue weighted by molar-refractivity contribution is -0.145. The molecular weight excluding hydrogens is 398 g/mol. The molecule has 3 aromatic heterocycles. The van der Waals surface area contributed by atoms with E-state index in [0.29, 0.717) is 31.2 Å². The maximum Gasteiger partial charge on any atom is 0.277 e. The van der Waals surface area contributed by atoms with Crippen molar-refractivity contribution in [2.24, 2.45) is 0 Å². The molecule has 1 amide bonds. The normalized spacial score (nSPS) is 11.3. The number of fused-ring (bicyclic) bond motifs is 1. The number of rotatable bonds is 9. The Morgan fingerprint density at radius 2 is 1.90 bits per heavy atom. The van der Waals surface area contributed by atoms with Crippen LogP contribution < -0.4 is 5.32 Å². The predicted molar refractivity (Wildman–Crippen MR) is 113 cm³/mol. The molecule has 0 unspecified atom stereocenters. The predicted octanol–water partition coefficient (Wildman–Crippen LogP) is 2.64. The van der Waals surface area contributed by atoms with Crippen LogP contribution in [0, 0.1) is 0 Å². The van der Waals surface area contributed by atoms with E-state index < -0.39 is 6.29 Å². The highest BCUT2D eigenvalue weighted by Crippen LogP contribution is 2.21. The third-order valence-electron chi connectivity index (χ3n) is 4.49. The lowest BCUT2D eigenvalue weighted by atomic mass is 10.1. The highest BCUT2D eigenvalue weighted by atomic mass is 16.7. The van der Waals surface area contributed by atoms with Crippen molar-refractivity contribution in [3.8, 4) is 11.3 Å². The number of nitrogens with one attached hydrogen (secondary N) is 1. The van der Waals surface area contributed by atoms with Gasteiger partial charge in [0.1, 0.15) is 0 Å². The summed E-state index contributed by atoms with van der Waals surface area (Å²) in [5.74, 6) is 0.286. The second-order valence-electron chi connectivity index (χ2n) is 6.65. The van der Waals surface area contributed by atoms with E-state index in [0.717, 1.165) is 11.3 Å². The molecule has 0 spiro atoms. The smallest absolute Gasteiger partial charge is 0.277 e. The van der Waals surface area contributed by atoms with Gasteiger partial charge in [-0.3, -0.25) is 9.20 Å². The second-order valence-corrected chi connectivity index (χ2v) is 6.65. The SMILES string of the molecule is CCOC(Cn1cc(C(=O)Nc2ccc(-c3cn4cccnc4n3)cc2)nn1)OCC. The summed E-state index contributed by atoms with van der Waals surface area (Å²) >= 11 is 0. The Kier molecular flexibility index (Phi) is 6.29. The number of hydrogen-bond donors (Lipinski definition) is 1. The lowest BCUT2D eigenvalue weighted by Crippen LogP contribution is -2.24. The van der Waals surface area contributed by atoms with Crippen molar-refractivity contribution >= 4 is 17.4 Å². The third-order valence-corrected chi connectivity index (χ3v) is 4.49. The fourth-order valence-corrected chi connectivity index (χ4v) is 3.06. The number of hydrogen-bond acceptors (Lipinski definition) is 7. The molecule has 0 aliphatic rings. The number of imidazole rings is 1. The van der Waals surface area contributed by atoms with Crippen LogP contribution in [0.15, 0.2) is 55.1 Å². The molecule has 1 N–H and O–H groups in total. The molecule has 10 heteroatoms. The standard InChI is InChI=1S/C21H23N7O3/c1-3-30-19(31-4-2)14-28-13-18(25-26-28)20(29)23-16-8-6-15(7-9-16)17-12-27-11-5-10-22-21(27)24-17/h5-13,19H,3-4,14H2,1-2H3,(H,23,29). The van der Waals surface area contributed by atoms with Crippen LogP contribution in [0.1, 0.15) is 24.3 Å². The van der Waals surface area contributed by atoms with Crippen molar-refractivity contribution in [2.45, 2.75) is 26.7 Å². The quantitative estimate of drug-likeness (QED) is 0.414. The van der Waals surface area contributed by atoms with Crippen LogP contribution in [-0.4, -0.2) is 54.8 Å². The minimum absolute atomic E-state index is 0.210. The van der Waals surface area contributed by atoms with Crippen LogP contribution in [0.25, 0.3) is 17.0 Å². The molecular formula is C21H23N7O3. The first kappa shape index (κ1) is 20.6. The van der Waals surface area contributed by atoms with Crippen LogP contribution in [-0.2, 0) is 16.0 Å². The number of anilines is 1.